The third kappa shape index (κ3) is 2.70. The molecule has 1 aliphatic rings. The Morgan fingerprint density at radius 1 is 1.43 bits per heavy atom. The Morgan fingerprint density at radius 2 is 2.29 bits per heavy atom. The molecule has 2 unspecified atom stereocenters. The number of rotatable bonds is 6. The number of benzene rings is 1. The van der Waals surface area contributed by atoms with Crippen LogP contribution in [0.3, 0.4) is 0 Å². The van der Waals surface area contributed by atoms with Crippen molar-refractivity contribution < 1.29 is 5.11 Å². The van der Waals surface area contributed by atoms with Gasteiger partial charge < -0.3 is 10.4 Å². The molecule has 1 fully saturated rings. The van der Waals surface area contributed by atoms with Crippen molar-refractivity contribution >= 4 is 10.9 Å². The van der Waals surface area contributed by atoms with E-state index in [1.54, 1.807) is 0 Å². The molecule has 0 amide bonds. The summed E-state index contributed by atoms with van der Waals surface area (Å²) in [5, 5.41) is 19.1. The second-order valence-corrected chi connectivity index (χ2v) is 6.15. The Hall–Kier alpha value is -1.39. The minimum Gasteiger partial charge on any atom is -0.394 e. The van der Waals surface area contributed by atoms with Gasteiger partial charge in [0, 0.05) is 17.5 Å². The molecule has 4 heteroatoms. The highest BCUT2D eigenvalue weighted by atomic mass is 16.3. The molecule has 0 bridgehead atoms. The Labute approximate surface area is 126 Å². The molecule has 0 saturated heterocycles. The highest BCUT2D eigenvalue weighted by Gasteiger charge is 2.41. The second-order valence-electron chi connectivity index (χ2n) is 6.15. The number of aryl methyl sites for hydroxylation is 1. The predicted molar refractivity (Wildman–Crippen MR) is 85.2 cm³/mol. The van der Waals surface area contributed by atoms with Crippen LogP contribution in [0, 0.1) is 5.92 Å². The minimum atomic E-state index is -0.0717. The SMILES string of the molecule is CCNC1(CO)CCCC1CCn1ncc2ccccc21. The average molecular weight is 287 g/mol. The zero-order chi connectivity index (χ0) is 14.7. The van der Waals surface area contributed by atoms with Gasteiger partial charge in [-0.1, -0.05) is 31.5 Å². The van der Waals surface area contributed by atoms with E-state index in [2.05, 4.69) is 40.2 Å². The summed E-state index contributed by atoms with van der Waals surface area (Å²) in [4.78, 5) is 0. The maximum absolute atomic E-state index is 9.86. The molecular weight excluding hydrogens is 262 g/mol. The maximum Gasteiger partial charge on any atom is 0.0682 e. The van der Waals surface area contributed by atoms with Crippen LogP contribution in [-0.2, 0) is 6.54 Å². The van der Waals surface area contributed by atoms with Crippen LogP contribution in [0.15, 0.2) is 30.5 Å². The minimum absolute atomic E-state index is 0.0717. The van der Waals surface area contributed by atoms with Crippen molar-refractivity contribution in [1.82, 2.24) is 15.1 Å². The lowest BCUT2D eigenvalue weighted by molar-refractivity contribution is 0.118. The van der Waals surface area contributed by atoms with E-state index in [9.17, 15) is 5.11 Å². The standard InChI is InChI=1S/C17H25N3O/c1-2-18-17(13-21)10-5-7-15(17)9-11-20-16-8-4-3-6-14(16)12-19-20/h3-4,6,8,12,15,18,21H,2,5,7,9-11,13H2,1H3. The lowest BCUT2D eigenvalue weighted by atomic mass is 9.85. The molecule has 3 rings (SSSR count). The van der Waals surface area contributed by atoms with Crippen LogP contribution in [0.4, 0.5) is 0 Å². The molecular formula is C17H25N3O. The van der Waals surface area contributed by atoms with E-state index in [-0.39, 0.29) is 12.1 Å². The summed E-state index contributed by atoms with van der Waals surface area (Å²) in [6.45, 7) is 4.20. The van der Waals surface area contributed by atoms with E-state index in [0.29, 0.717) is 5.92 Å². The van der Waals surface area contributed by atoms with Crippen molar-refractivity contribution in [3.8, 4) is 0 Å². The van der Waals surface area contributed by atoms with E-state index in [1.165, 1.54) is 23.7 Å². The number of hydrogen-bond acceptors (Lipinski definition) is 3. The number of aliphatic hydroxyl groups excluding tert-OH is 1. The van der Waals surface area contributed by atoms with Crippen LogP contribution in [0.25, 0.3) is 10.9 Å². The van der Waals surface area contributed by atoms with Gasteiger partial charge in [0.1, 0.15) is 0 Å². The van der Waals surface area contributed by atoms with Gasteiger partial charge in [0.15, 0.2) is 0 Å². The summed E-state index contributed by atoms with van der Waals surface area (Å²) in [6, 6.07) is 8.34. The van der Waals surface area contributed by atoms with E-state index < -0.39 is 0 Å². The van der Waals surface area contributed by atoms with E-state index >= 15 is 0 Å². The van der Waals surface area contributed by atoms with Crippen LogP contribution in [-0.4, -0.2) is 33.6 Å². The summed E-state index contributed by atoms with van der Waals surface area (Å²) in [7, 11) is 0. The first-order valence-corrected chi connectivity index (χ1v) is 8.05. The first-order chi connectivity index (χ1) is 10.3. The Kier molecular flexibility index (Phi) is 4.27. The van der Waals surface area contributed by atoms with E-state index in [4.69, 9.17) is 0 Å². The molecule has 1 heterocycles. The molecule has 1 aromatic heterocycles. The normalized spacial score (nSPS) is 25.7. The molecule has 0 radical (unpaired) electrons. The van der Waals surface area contributed by atoms with Crippen molar-refractivity contribution in [3.05, 3.63) is 30.5 Å². The zero-order valence-corrected chi connectivity index (χ0v) is 12.8. The fraction of sp³-hybridized carbons (Fsp3) is 0.588. The molecule has 0 spiro atoms. The van der Waals surface area contributed by atoms with Gasteiger partial charge >= 0.3 is 0 Å². The first-order valence-electron chi connectivity index (χ1n) is 8.05. The van der Waals surface area contributed by atoms with Crippen LogP contribution in [0.2, 0.25) is 0 Å². The fourth-order valence-corrected chi connectivity index (χ4v) is 3.90. The lowest BCUT2D eigenvalue weighted by Gasteiger charge is -2.35. The van der Waals surface area contributed by atoms with Crippen LogP contribution in [0.1, 0.15) is 32.6 Å². The zero-order valence-electron chi connectivity index (χ0n) is 12.8. The number of aliphatic hydroxyl groups is 1. The molecule has 1 aromatic carbocycles. The van der Waals surface area contributed by atoms with Gasteiger partial charge in [-0.15, -0.1) is 0 Å². The van der Waals surface area contributed by atoms with Crippen molar-refractivity contribution in [2.75, 3.05) is 13.2 Å². The number of aromatic nitrogens is 2. The summed E-state index contributed by atoms with van der Waals surface area (Å²) < 4.78 is 2.10. The number of nitrogens with zero attached hydrogens (tertiary/aromatic N) is 2. The van der Waals surface area contributed by atoms with Crippen molar-refractivity contribution in [3.63, 3.8) is 0 Å². The molecule has 2 N–H and O–H groups in total. The fourth-order valence-electron chi connectivity index (χ4n) is 3.90. The molecule has 21 heavy (non-hydrogen) atoms. The van der Waals surface area contributed by atoms with E-state index in [0.717, 1.165) is 25.9 Å². The predicted octanol–water partition coefficient (Wildman–Crippen LogP) is 2.57. The van der Waals surface area contributed by atoms with Gasteiger partial charge in [0.05, 0.1) is 18.3 Å². The average Bonchev–Trinajstić information content (AvgIpc) is 3.10. The number of para-hydroxylation sites is 1. The summed E-state index contributed by atoms with van der Waals surface area (Å²) in [5.74, 6) is 0.533. The number of nitrogens with one attached hydrogen (secondary N) is 1. The Morgan fingerprint density at radius 3 is 3.10 bits per heavy atom. The maximum atomic E-state index is 9.86. The van der Waals surface area contributed by atoms with Gasteiger partial charge in [-0.05, 0) is 37.8 Å². The van der Waals surface area contributed by atoms with Gasteiger partial charge in [0.25, 0.3) is 0 Å². The highest BCUT2D eigenvalue weighted by molar-refractivity contribution is 5.78. The Bertz CT molecular complexity index is 594. The Balaban J connectivity index is 1.72. The lowest BCUT2D eigenvalue weighted by Crippen LogP contribution is -2.51. The molecule has 4 nitrogen and oxygen atoms in total. The second kappa shape index (κ2) is 6.16. The van der Waals surface area contributed by atoms with Crippen LogP contribution in [0.5, 0.6) is 0 Å². The van der Waals surface area contributed by atoms with Gasteiger partial charge in [-0.2, -0.15) is 5.10 Å². The number of fused-ring (bicyclic) bond motifs is 1. The number of likely N-dealkylation sites (N-methyl/N-ethyl adjacent to an activating group) is 1. The summed E-state index contributed by atoms with van der Waals surface area (Å²) in [5.41, 5.74) is 1.13. The smallest absolute Gasteiger partial charge is 0.0682 e. The molecule has 2 atom stereocenters. The highest BCUT2D eigenvalue weighted by Crippen LogP contribution is 2.38. The van der Waals surface area contributed by atoms with Crippen LogP contribution < -0.4 is 5.32 Å². The third-order valence-corrected chi connectivity index (χ3v) is 5.01. The number of hydrogen-bond donors (Lipinski definition) is 2. The van der Waals surface area contributed by atoms with Crippen molar-refractivity contribution in [2.24, 2.45) is 5.92 Å². The third-order valence-electron chi connectivity index (χ3n) is 5.01. The van der Waals surface area contributed by atoms with Gasteiger partial charge in [-0.25, -0.2) is 0 Å². The van der Waals surface area contributed by atoms with Gasteiger partial charge in [-0.3, -0.25) is 4.68 Å². The largest absolute Gasteiger partial charge is 0.394 e. The molecule has 1 saturated carbocycles. The molecule has 1 aliphatic carbocycles. The van der Waals surface area contributed by atoms with E-state index in [1.807, 2.05) is 12.3 Å². The quantitative estimate of drug-likeness (QED) is 0.858. The molecule has 0 aliphatic heterocycles. The van der Waals surface area contributed by atoms with Crippen molar-refractivity contribution in [1.29, 1.82) is 0 Å². The molecule has 2 aromatic rings. The van der Waals surface area contributed by atoms with Gasteiger partial charge in [0.2, 0.25) is 0 Å². The summed E-state index contributed by atoms with van der Waals surface area (Å²) >= 11 is 0. The monoisotopic (exact) mass is 287 g/mol. The molecule has 114 valence electrons. The van der Waals surface area contributed by atoms with Crippen molar-refractivity contribution in [2.45, 2.75) is 44.7 Å². The van der Waals surface area contributed by atoms with Crippen LogP contribution >= 0.6 is 0 Å². The topological polar surface area (TPSA) is 50.1 Å². The summed E-state index contributed by atoms with van der Waals surface area (Å²) in [6.07, 6.45) is 6.50. The first kappa shape index (κ1) is 14.5.